The summed E-state index contributed by atoms with van der Waals surface area (Å²) in [4.78, 5) is 72.7. The van der Waals surface area contributed by atoms with Crippen LogP contribution in [0.15, 0.2) is 0 Å². The van der Waals surface area contributed by atoms with E-state index in [1.165, 1.54) is 212 Å². The normalized spacial score (nSPS) is 14.0. The number of esters is 4. The van der Waals surface area contributed by atoms with Crippen LogP contribution in [0.2, 0.25) is 0 Å². The van der Waals surface area contributed by atoms with Crippen molar-refractivity contribution >= 4 is 39.5 Å². The van der Waals surface area contributed by atoms with Gasteiger partial charge in [0.1, 0.15) is 19.3 Å². The average Bonchev–Trinajstić information content (AvgIpc) is 2.42. The fraction of sp³-hybridized carbons (Fsp3) is 0.947. The van der Waals surface area contributed by atoms with Gasteiger partial charge in [-0.25, -0.2) is 9.13 Å². The van der Waals surface area contributed by atoms with Gasteiger partial charge in [0.25, 0.3) is 0 Å². The Morgan fingerprint density at radius 1 is 0.287 bits per heavy atom. The zero-order valence-electron chi connectivity index (χ0n) is 61.1. The van der Waals surface area contributed by atoms with Gasteiger partial charge in [0.2, 0.25) is 0 Å². The molecule has 2 unspecified atom stereocenters. The monoisotopic (exact) mass is 1380 g/mol. The van der Waals surface area contributed by atoms with Crippen molar-refractivity contribution in [3.63, 3.8) is 0 Å². The molecule has 0 heterocycles. The molecule has 0 aromatic heterocycles. The van der Waals surface area contributed by atoms with E-state index < -0.39 is 97.5 Å². The topological polar surface area (TPSA) is 237 Å². The van der Waals surface area contributed by atoms with Crippen LogP contribution < -0.4 is 0 Å². The summed E-state index contributed by atoms with van der Waals surface area (Å²) in [5.41, 5.74) is 0. The van der Waals surface area contributed by atoms with Crippen LogP contribution in [-0.4, -0.2) is 96.7 Å². The van der Waals surface area contributed by atoms with E-state index in [4.69, 9.17) is 37.0 Å². The predicted molar refractivity (Wildman–Crippen MR) is 382 cm³/mol. The van der Waals surface area contributed by atoms with Gasteiger partial charge in [0, 0.05) is 25.7 Å². The summed E-state index contributed by atoms with van der Waals surface area (Å²) in [7, 11) is -9.91. The van der Waals surface area contributed by atoms with Crippen molar-refractivity contribution in [1.29, 1.82) is 0 Å². The largest absolute Gasteiger partial charge is 0.472 e. The Hall–Kier alpha value is -1.94. The summed E-state index contributed by atoms with van der Waals surface area (Å²) in [6, 6.07) is 0. The molecule has 0 aromatic carbocycles. The van der Waals surface area contributed by atoms with Gasteiger partial charge >= 0.3 is 39.5 Å². The lowest BCUT2D eigenvalue weighted by Crippen LogP contribution is -2.30. The minimum Gasteiger partial charge on any atom is -0.462 e. The van der Waals surface area contributed by atoms with Crippen LogP contribution >= 0.6 is 15.6 Å². The van der Waals surface area contributed by atoms with E-state index >= 15 is 0 Å². The SMILES string of the molecule is CCCCCCCCCCCCCCCCCCCC(=O)OC[C@H](COP(=O)(O)OC[C@@H](O)COP(=O)(O)OC[C@@H](COC(=O)CCCCCCCCC(C)C)OC(=O)CCCCCCCCCCCCC)OC(=O)CCCCCCCCCCCCCCCCCCC. The second-order valence-electron chi connectivity index (χ2n) is 27.5. The molecule has 0 spiro atoms. The Morgan fingerprint density at radius 3 is 0.723 bits per heavy atom. The van der Waals surface area contributed by atoms with Gasteiger partial charge in [0.05, 0.1) is 26.4 Å². The van der Waals surface area contributed by atoms with Crippen molar-refractivity contribution in [2.45, 2.75) is 412 Å². The number of hydrogen-bond acceptors (Lipinski definition) is 15. The highest BCUT2D eigenvalue weighted by molar-refractivity contribution is 7.47. The standard InChI is InChI=1S/C75H146O17P2/c1-6-9-12-15-18-21-24-26-28-30-32-34-37-39-42-48-53-58-72(77)85-64-70(91-75(80)61-56-51-44-41-38-35-33-31-29-27-25-22-19-16-13-10-7-2)66-89-93(81,82)87-62-69(76)63-88-94(83,84)90-67-71(65-86-73(78)59-54-49-46-45-47-52-57-68(4)5)92-74(79)60-55-50-43-40-36-23-20-17-14-11-8-3/h68-71,76H,6-67H2,1-5H3,(H,81,82)(H,83,84)/t69-,70-,71-/m1/s1. The predicted octanol–water partition coefficient (Wildman–Crippen LogP) is 22.1. The van der Waals surface area contributed by atoms with Gasteiger partial charge in [-0.2, -0.15) is 0 Å². The van der Waals surface area contributed by atoms with Crippen molar-refractivity contribution in [3.8, 4) is 0 Å². The molecule has 0 saturated carbocycles. The zero-order chi connectivity index (χ0) is 69.1. The molecule has 0 aliphatic rings. The third-order valence-corrected chi connectivity index (χ3v) is 19.4. The Morgan fingerprint density at radius 2 is 0.489 bits per heavy atom. The molecule has 17 nitrogen and oxygen atoms in total. The summed E-state index contributed by atoms with van der Waals surface area (Å²) in [6.07, 6.45) is 57.0. The highest BCUT2D eigenvalue weighted by Crippen LogP contribution is 2.45. The summed E-state index contributed by atoms with van der Waals surface area (Å²) in [5, 5.41) is 10.6. The highest BCUT2D eigenvalue weighted by atomic mass is 31.2. The molecule has 0 amide bonds. The molecular formula is C75H146O17P2. The number of hydrogen-bond donors (Lipinski definition) is 3. The number of aliphatic hydroxyl groups is 1. The molecule has 0 aliphatic carbocycles. The van der Waals surface area contributed by atoms with Gasteiger partial charge in [-0.3, -0.25) is 37.3 Å². The third-order valence-electron chi connectivity index (χ3n) is 17.5. The van der Waals surface area contributed by atoms with E-state index in [0.717, 1.165) is 96.3 Å². The van der Waals surface area contributed by atoms with E-state index in [0.29, 0.717) is 31.6 Å². The summed E-state index contributed by atoms with van der Waals surface area (Å²) >= 11 is 0. The van der Waals surface area contributed by atoms with Gasteiger partial charge < -0.3 is 33.8 Å². The second kappa shape index (κ2) is 68.2. The minimum atomic E-state index is -4.96. The molecule has 5 atom stereocenters. The first-order valence-electron chi connectivity index (χ1n) is 39.1. The molecule has 0 saturated heterocycles. The number of unbranched alkanes of at least 4 members (excludes halogenated alkanes) is 47. The Balaban J connectivity index is 5.21. The number of phosphoric ester groups is 2. The van der Waals surface area contributed by atoms with E-state index in [-0.39, 0.29) is 25.7 Å². The molecular weight excluding hydrogens is 1230 g/mol. The van der Waals surface area contributed by atoms with Gasteiger partial charge in [-0.05, 0) is 31.6 Å². The molecule has 3 N–H and O–H groups in total. The van der Waals surface area contributed by atoms with Crippen molar-refractivity contribution in [2.75, 3.05) is 39.6 Å². The quantitative estimate of drug-likeness (QED) is 0.0222. The van der Waals surface area contributed by atoms with E-state index in [1.54, 1.807) is 0 Å². The Kier molecular flexibility index (Phi) is 66.8. The highest BCUT2D eigenvalue weighted by Gasteiger charge is 2.30. The molecule has 94 heavy (non-hydrogen) atoms. The molecule has 0 bridgehead atoms. The Bertz CT molecular complexity index is 1810. The third kappa shape index (κ3) is 68.6. The summed E-state index contributed by atoms with van der Waals surface area (Å²) in [5.74, 6) is -1.44. The second-order valence-corrected chi connectivity index (χ2v) is 30.4. The molecule has 558 valence electrons. The first-order chi connectivity index (χ1) is 45.5. The molecule has 19 heteroatoms. The zero-order valence-corrected chi connectivity index (χ0v) is 62.9. The van der Waals surface area contributed by atoms with Gasteiger partial charge in [0.15, 0.2) is 12.2 Å². The molecule has 0 radical (unpaired) electrons. The number of carbonyl (C=O) groups excluding carboxylic acids is 4. The molecule has 0 rings (SSSR count). The first kappa shape index (κ1) is 92.1. The van der Waals surface area contributed by atoms with Crippen molar-refractivity contribution in [1.82, 2.24) is 0 Å². The van der Waals surface area contributed by atoms with Crippen LogP contribution in [0, 0.1) is 5.92 Å². The van der Waals surface area contributed by atoms with E-state index in [9.17, 15) is 43.2 Å². The van der Waals surface area contributed by atoms with Crippen molar-refractivity contribution in [3.05, 3.63) is 0 Å². The maximum Gasteiger partial charge on any atom is 0.472 e. The maximum absolute atomic E-state index is 13.1. The lowest BCUT2D eigenvalue weighted by molar-refractivity contribution is -0.161. The number of rotatable bonds is 75. The minimum absolute atomic E-state index is 0.106. The first-order valence-corrected chi connectivity index (χ1v) is 42.1. The molecule has 0 aliphatic heterocycles. The maximum atomic E-state index is 13.1. The van der Waals surface area contributed by atoms with Crippen LogP contribution in [0.3, 0.4) is 0 Å². The van der Waals surface area contributed by atoms with Crippen LogP contribution in [0.5, 0.6) is 0 Å². The molecule has 0 aromatic rings. The summed E-state index contributed by atoms with van der Waals surface area (Å²) in [6.45, 7) is 7.20. The fourth-order valence-electron chi connectivity index (χ4n) is 11.5. The fourth-order valence-corrected chi connectivity index (χ4v) is 13.1. The lowest BCUT2D eigenvalue weighted by Gasteiger charge is -2.21. The van der Waals surface area contributed by atoms with Crippen LogP contribution in [0.4, 0.5) is 0 Å². The number of ether oxygens (including phenoxy) is 4. The van der Waals surface area contributed by atoms with Gasteiger partial charge in [-0.15, -0.1) is 0 Å². The summed E-state index contributed by atoms with van der Waals surface area (Å²) < 4.78 is 68.4. The van der Waals surface area contributed by atoms with E-state index in [2.05, 4.69) is 34.6 Å². The van der Waals surface area contributed by atoms with Crippen molar-refractivity contribution < 1.29 is 80.2 Å². The van der Waals surface area contributed by atoms with Crippen LogP contribution in [0.25, 0.3) is 0 Å². The smallest absolute Gasteiger partial charge is 0.462 e. The number of carbonyl (C=O) groups is 4. The van der Waals surface area contributed by atoms with Crippen LogP contribution in [-0.2, 0) is 65.4 Å². The average molecular weight is 1380 g/mol. The molecule has 0 fully saturated rings. The van der Waals surface area contributed by atoms with Crippen LogP contribution in [0.1, 0.15) is 394 Å². The Labute approximate surface area is 575 Å². The lowest BCUT2D eigenvalue weighted by atomic mass is 10.0. The number of aliphatic hydroxyl groups excluding tert-OH is 1. The van der Waals surface area contributed by atoms with Crippen molar-refractivity contribution in [2.24, 2.45) is 5.92 Å². The number of phosphoric acid groups is 2. The van der Waals surface area contributed by atoms with Gasteiger partial charge in [-0.1, -0.05) is 343 Å². The van der Waals surface area contributed by atoms with E-state index in [1.807, 2.05) is 0 Å².